The van der Waals surface area contributed by atoms with Crippen molar-refractivity contribution in [1.82, 2.24) is 19.9 Å². The van der Waals surface area contributed by atoms with Gasteiger partial charge in [-0.3, -0.25) is 18.2 Å². The molecule has 8 bridgehead atoms. The van der Waals surface area contributed by atoms with Crippen molar-refractivity contribution in [2.24, 2.45) is 0 Å². The number of ether oxygens (including phenoxy) is 4. The third-order valence-corrected chi connectivity index (χ3v) is 15.1. The van der Waals surface area contributed by atoms with Gasteiger partial charge in [-0.05, 0) is 95.1 Å². The summed E-state index contributed by atoms with van der Waals surface area (Å²) in [7, 11) is -15.1. The Morgan fingerprint density at radius 3 is 0.740 bits per heavy atom. The minimum Gasteiger partial charge on any atom is -0.657 e. The fraction of sp³-hybridized carbons (Fsp3) is 0.0833. The van der Waals surface area contributed by atoms with Crippen molar-refractivity contribution in [3.05, 3.63) is 120 Å². The fourth-order valence-electron chi connectivity index (χ4n) is 8.39. The average Bonchev–Trinajstić information content (AvgIpc) is 4.19. The van der Waals surface area contributed by atoms with Gasteiger partial charge < -0.3 is 28.9 Å². The van der Waals surface area contributed by atoms with Gasteiger partial charge in [0, 0.05) is 46.5 Å². The van der Waals surface area contributed by atoms with E-state index in [4.69, 9.17) is 38.9 Å². The molecule has 0 spiro atoms. The first-order valence-electron chi connectivity index (χ1n) is 20.7. The Morgan fingerprint density at radius 1 is 0.356 bits per heavy atom. The van der Waals surface area contributed by atoms with Crippen LogP contribution in [0.5, 0.6) is 23.0 Å². The molecule has 3 aromatic heterocycles. The van der Waals surface area contributed by atoms with Crippen molar-refractivity contribution in [1.29, 1.82) is 0 Å². The van der Waals surface area contributed by atoms with Crippen LogP contribution in [0.25, 0.3) is 90.9 Å². The van der Waals surface area contributed by atoms with Crippen LogP contribution in [0.2, 0.25) is 0 Å². The average molecular weight is 1120 g/mol. The van der Waals surface area contributed by atoms with Crippen molar-refractivity contribution in [3.63, 3.8) is 0 Å². The maximum absolute atomic E-state index is 13.2. The van der Waals surface area contributed by atoms with Crippen LogP contribution < -0.4 is 28.9 Å². The number of fused-ring (bicyclic) bond motifs is 8. The molecule has 0 aliphatic carbocycles. The molecule has 5 heterocycles. The normalized spacial score (nSPS) is 12.6. The van der Waals surface area contributed by atoms with Crippen molar-refractivity contribution in [2.45, 2.75) is 19.6 Å². The van der Waals surface area contributed by atoms with Gasteiger partial charge in [-0.2, -0.15) is 33.7 Å². The second-order valence-electron chi connectivity index (χ2n) is 15.7. The summed E-state index contributed by atoms with van der Waals surface area (Å²) in [5.74, 6) is 0.163. The number of methoxy groups -OCH3 is 4. The smallest absolute Gasteiger partial charge is 0.657 e. The largest absolute Gasteiger partial charge is 2.00 e. The molecule has 0 amide bonds. The van der Waals surface area contributed by atoms with Crippen LogP contribution in [0.15, 0.2) is 117 Å². The number of nitrogens with zero attached hydrogens (tertiary/aromatic N) is 4. The summed E-state index contributed by atoms with van der Waals surface area (Å²) in [5.41, 5.74) is -0.958. The Kier molecular flexibility index (Phi) is 13.8. The van der Waals surface area contributed by atoms with Crippen molar-refractivity contribution < 1.29 is 87.9 Å². The van der Waals surface area contributed by atoms with E-state index < -0.39 is 60.1 Å². The summed E-state index contributed by atoms with van der Waals surface area (Å²) >= 11 is 0. The molecule has 0 saturated carbocycles. The molecule has 4 aromatic carbocycles. The second-order valence-corrected chi connectivity index (χ2v) is 21.3. The Labute approximate surface area is 427 Å². The molecule has 0 fully saturated rings. The van der Waals surface area contributed by atoms with Gasteiger partial charge in [0.25, 0.3) is 40.5 Å². The van der Waals surface area contributed by atoms with E-state index in [2.05, 4.69) is 0 Å². The fourth-order valence-corrected chi connectivity index (χ4v) is 11.2. The van der Waals surface area contributed by atoms with Gasteiger partial charge in [-0.15, -0.1) is 22.1 Å². The third-order valence-electron chi connectivity index (χ3n) is 11.6. The molecular formula is C48H36CuN4O16S4. The number of benzene rings is 4. The third kappa shape index (κ3) is 9.90. The molecule has 2 aliphatic heterocycles. The number of hydrogen-bond donors (Lipinski definition) is 4. The van der Waals surface area contributed by atoms with E-state index in [-0.39, 0.29) is 129 Å². The topological polar surface area (TPSA) is 308 Å². The molecule has 2 aliphatic rings. The first kappa shape index (κ1) is 52.2. The van der Waals surface area contributed by atoms with E-state index in [0.29, 0.717) is 0 Å². The monoisotopic (exact) mass is 1120 g/mol. The van der Waals surface area contributed by atoms with E-state index in [1.165, 1.54) is 126 Å². The quantitative estimate of drug-likeness (QED) is 0.0676. The molecule has 1 radical (unpaired) electrons. The van der Waals surface area contributed by atoms with Gasteiger partial charge in [0.15, 0.2) is 0 Å². The molecule has 0 saturated heterocycles. The van der Waals surface area contributed by atoms with E-state index in [1.54, 1.807) is 0 Å². The maximum Gasteiger partial charge on any atom is 2.00 e. The predicted octanol–water partition coefficient (Wildman–Crippen LogP) is 7.60. The molecule has 4 N–H and O–H groups in total. The van der Waals surface area contributed by atoms with E-state index >= 15 is 0 Å². The Morgan fingerprint density at radius 2 is 0.562 bits per heavy atom. The van der Waals surface area contributed by atoms with Crippen molar-refractivity contribution >= 4 is 86.8 Å². The summed E-state index contributed by atoms with van der Waals surface area (Å²) in [6.07, 6.45) is 5.77. The van der Waals surface area contributed by atoms with E-state index in [9.17, 15) is 51.9 Å². The van der Waals surface area contributed by atoms with Crippen molar-refractivity contribution in [2.75, 3.05) is 28.4 Å². The van der Waals surface area contributed by atoms with Gasteiger partial charge >= 0.3 is 17.1 Å². The molecule has 7 aromatic rings. The number of rotatable bonds is 12. The summed E-state index contributed by atoms with van der Waals surface area (Å²) in [5, 5.41) is 0. The Hall–Kier alpha value is -7.16. The Bertz CT molecular complexity index is 3650. The van der Waals surface area contributed by atoms with Crippen LogP contribution in [0.1, 0.15) is 22.8 Å². The molecule has 0 atom stereocenters. The van der Waals surface area contributed by atoms with E-state index in [0.717, 1.165) is 24.3 Å². The zero-order valence-electron chi connectivity index (χ0n) is 38.0. The summed E-state index contributed by atoms with van der Waals surface area (Å²) in [6.45, 7) is 0. The maximum atomic E-state index is 13.2. The van der Waals surface area contributed by atoms with Crippen LogP contribution in [0.4, 0.5) is 0 Å². The van der Waals surface area contributed by atoms with Gasteiger partial charge in [0.2, 0.25) is 0 Å². The van der Waals surface area contributed by atoms with Gasteiger partial charge in [-0.1, -0.05) is 24.3 Å². The van der Waals surface area contributed by atoms with Gasteiger partial charge in [0.05, 0.1) is 51.2 Å². The SMILES string of the molecule is COc1ccc(-c2c3nc(c(-c4ccc(OC)cc4S(=O)(=O)O)c4ccc([n-]4)c(-c4ccc(OC)cc4S(=O)(=O)O)c4nc(c(-c5ccc(OC)cc5S(=O)(=O)O)c5ccc2[n-]5)C=C4)C=C3)c(S(=O)(=O)O)c1.[Cu+2]. The summed E-state index contributed by atoms with van der Waals surface area (Å²) in [6, 6.07) is 21.0. The van der Waals surface area contributed by atoms with Crippen LogP contribution in [-0.2, 0) is 57.5 Å². The zero-order chi connectivity index (χ0) is 51.7. The molecule has 379 valence electrons. The summed E-state index contributed by atoms with van der Waals surface area (Å²) in [4.78, 5) is 17.0. The first-order valence-corrected chi connectivity index (χ1v) is 26.5. The minimum absolute atomic E-state index is 0. The van der Waals surface area contributed by atoms with Crippen LogP contribution in [0, 0.1) is 0 Å². The molecular weight excluding hydrogens is 1080 g/mol. The number of hydrogen-bond acceptors (Lipinski definition) is 14. The molecule has 9 rings (SSSR count). The molecule has 20 nitrogen and oxygen atoms in total. The predicted molar refractivity (Wildman–Crippen MR) is 264 cm³/mol. The van der Waals surface area contributed by atoms with Gasteiger partial charge in [-0.25, -0.2) is 9.97 Å². The second kappa shape index (κ2) is 19.4. The Balaban J connectivity index is 0.00000711. The van der Waals surface area contributed by atoms with Crippen molar-refractivity contribution in [3.8, 4) is 67.5 Å². The first-order chi connectivity index (χ1) is 34.0. The molecule has 25 heteroatoms. The minimum atomic E-state index is -5.07. The van der Waals surface area contributed by atoms with Crippen LogP contribution in [-0.4, -0.2) is 90.3 Å². The molecule has 0 unspecified atom stereocenters. The van der Waals surface area contributed by atoms with Gasteiger partial charge in [0.1, 0.15) is 42.6 Å². The number of aromatic nitrogens is 4. The van der Waals surface area contributed by atoms with E-state index in [1.807, 2.05) is 0 Å². The zero-order valence-corrected chi connectivity index (χ0v) is 42.2. The standard InChI is InChI=1S/C48H36N4O16S4.Cu/c1-65-25-5-9-29(41(21-25)69(53,54)55)45-33-13-15-35(49-33)46(30-10-6-26(66-2)22-42(30)70(56,57)58)37-17-19-39(51-37)48(32-12-8-28(68-4)24-44(32)72(62,63)64)40-20-18-38(52-40)47(36-16-14-34(45)50-36)31-11-7-27(67-3)23-43(31)71(59,60)61;/h5-24H,1-4H3,(H,53,54,55)(H,56,57,58)(H,59,60,61)(H,62,63,64);/q-2;+2. The molecule has 73 heavy (non-hydrogen) atoms. The summed E-state index contributed by atoms with van der Waals surface area (Å²) < 4.78 is 170. The van der Waals surface area contributed by atoms with Crippen LogP contribution >= 0.6 is 0 Å². The van der Waals surface area contributed by atoms with Crippen LogP contribution in [0.3, 0.4) is 0 Å².